The Morgan fingerprint density at radius 1 is 1.23 bits per heavy atom. The van der Waals surface area contributed by atoms with Gasteiger partial charge >= 0.3 is 0 Å². The lowest BCUT2D eigenvalue weighted by Crippen LogP contribution is -2.24. The Hall–Kier alpha value is -2.49. The summed E-state index contributed by atoms with van der Waals surface area (Å²) in [7, 11) is 0. The molecule has 0 atom stereocenters. The molecule has 1 fully saturated rings. The minimum absolute atomic E-state index is 0.0433. The number of carbonyl (C=O) groups is 1. The first-order chi connectivity index (χ1) is 12.5. The van der Waals surface area contributed by atoms with E-state index >= 15 is 0 Å². The van der Waals surface area contributed by atoms with Crippen molar-refractivity contribution in [3.05, 3.63) is 53.8 Å². The van der Waals surface area contributed by atoms with Gasteiger partial charge in [-0.3, -0.25) is 4.79 Å². The van der Waals surface area contributed by atoms with Crippen LogP contribution in [0.25, 0.3) is 11.1 Å². The maximum Gasteiger partial charge on any atom is 0.173 e. The molecule has 26 heavy (non-hydrogen) atoms. The summed E-state index contributed by atoms with van der Waals surface area (Å²) in [5.74, 6) is 1.15. The van der Waals surface area contributed by atoms with Gasteiger partial charge in [-0.05, 0) is 67.9 Å². The molecular weight excluding hydrogens is 329 g/mol. The zero-order chi connectivity index (χ0) is 18.7. The van der Waals surface area contributed by atoms with Gasteiger partial charge in [0.2, 0.25) is 0 Å². The highest BCUT2D eigenvalue weighted by atomic mass is 19.1. The van der Waals surface area contributed by atoms with E-state index in [1.807, 2.05) is 38.1 Å². The van der Waals surface area contributed by atoms with Crippen LogP contribution >= 0.6 is 0 Å². The van der Waals surface area contributed by atoms with Gasteiger partial charge in [0.15, 0.2) is 5.78 Å². The van der Waals surface area contributed by atoms with Crippen molar-refractivity contribution >= 4 is 12.0 Å². The van der Waals surface area contributed by atoms with Crippen molar-refractivity contribution in [3.63, 3.8) is 0 Å². The molecule has 0 aromatic heterocycles. The molecule has 2 aromatic carbocycles. The molecule has 136 valence electrons. The normalized spacial score (nSPS) is 19.1. The van der Waals surface area contributed by atoms with Gasteiger partial charge in [0.1, 0.15) is 11.6 Å². The largest absolute Gasteiger partial charge is 0.491 e. The zero-order valence-electron chi connectivity index (χ0n) is 15.2. The Morgan fingerprint density at radius 3 is 2.54 bits per heavy atom. The van der Waals surface area contributed by atoms with Crippen molar-refractivity contribution in [2.45, 2.75) is 45.1 Å². The number of ketones is 1. The highest BCUT2D eigenvalue weighted by molar-refractivity contribution is 6.26. The van der Waals surface area contributed by atoms with Gasteiger partial charge in [0.05, 0.1) is 12.3 Å². The van der Waals surface area contributed by atoms with Gasteiger partial charge in [0.25, 0.3) is 0 Å². The maximum absolute atomic E-state index is 14.2. The van der Waals surface area contributed by atoms with E-state index in [0.717, 1.165) is 24.6 Å². The van der Waals surface area contributed by atoms with E-state index in [9.17, 15) is 9.18 Å². The summed E-state index contributed by atoms with van der Waals surface area (Å²) in [6, 6.07) is 12.8. The van der Waals surface area contributed by atoms with E-state index in [1.165, 1.54) is 11.6 Å². The summed E-state index contributed by atoms with van der Waals surface area (Å²) in [5.41, 5.74) is 2.59. The highest BCUT2D eigenvalue weighted by Gasteiger charge is 2.31. The number of halogens is 1. The fraction of sp³-hybridized carbons (Fsp3) is 0.364. The van der Waals surface area contributed by atoms with Crippen LogP contribution in [0.1, 0.15) is 44.6 Å². The third-order valence-electron chi connectivity index (χ3n) is 4.89. The molecule has 0 aliphatic heterocycles. The SMILES string of the molecule is CC(C)Oc1ccc(F)c(-c2ccc([C@H]3C[C@@H](CC(=O)C=N)C3)cc2)c1. The molecule has 3 rings (SSSR count). The number of carbonyl (C=O) groups excluding carboxylic acids is 1. The van der Waals surface area contributed by atoms with Crippen LogP contribution < -0.4 is 4.74 Å². The Morgan fingerprint density at radius 2 is 1.92 bits per heavy atom. The third kappa shape index (κ3) is 4.18. The molecule has 4 heteroatoms. The minimum atomic E-state index is -0.261. The number of Topliss-reactive ketones (excluding diaryl/α,β-unsaturated/α-hetero) is 1. The Balaban J connectivity index is 1.69. The summed E-state index contributed by atoms with van der Waals surface area (Å²) in [5, 5.41) is 6.98. The lowest BCUT2D eigenvalue weighted by atomic mass is 9.69. The maximum atomic E-state index is 14.2. The number of ether oxygens (including phenoxy) is 1. The first-order valence-electron chi connectivity index (χ1n) is 9.06. The minimum Gasteiger partial charge on any atom is -0.491 e. The van der Waals surface area contributed by atoms with E-state index in [0.29, 0.717) is 29.6 Å². The second-order valence-electron chi connectivity index (χ2n) is 7.28. The van der Waals surface area contributed by atoms with Gasteiger partial charge in [-0.25, -0.2) is 4.39 Å². The van der Waals surface area contributed by atoms with E-state index in [4.69, 9.17) is 10.1 Å². The molecule has 3 nitrogen and oxygen atoms in total. The molecule has 0 unspecified atom stereocenters. The van der Waals surface area contributed by atoms with Crippen LogP contribution in [-0.4, -0.2) is 18.1 Å². The quantitative estimate of drug-likeness (QED) is 0.679. The van der Waals surface area contributed by atoms with Crippen molar-refractivity contribution in [1.29, 1.82) is 5.41 Å². The van der Waals surface area contributed by atoms with Crippen LogP contribution in [0.15, 0.2) is 42.5 Å². The van der Waals surface area contributed by atoms with E-state index < -0.39 is 0 Å². The number of benzene rings is 2. The van der Waals surface area contributed by atoms with Crippen molar-refractivity contribution in [2.75, 3.05) is 0 Å². The molecule has 1 saturated carbocycles. The molecule has 1 aliphatic rings. The van der Waals surface area contributed by atoms with Crippen molar-refractivity contribution < 1.29 is 13.9 Å². The summed E-state index contributed by atoms with van der Waals surface area (Å²) < 4.78 is 19.9. The monoisotopic (exact) mass is 353 g/mol. The van der Waals surface area contributed by atoms with Crippen LogP contribution in [0.5, 0.6) is 5.75 Å². The van der Waals surface area contributed by atoms with Crippen LogP contribution in [-0.2, 0) is 4.79 Å². The number of hydrogen-bond donors (Lipinski definition) is 1. The second-order valence-corrected chi connectivity index (χ2v) is 7.28. The number of rotatable bonds is 7. The molecule has 0 bridgehead atoms. The van der Waals surface area contributed by atoms with Crippen molar-refractivity contribution in [3.8, 4) is 16.9 Å². The molecule has 0 heterocycles. The van der Waals surface area contributed by atoms with Crippen LogP contribution in [0.2, 0.25) is 0 Å². The Labute approximate surface area is 153 Å². The average molecular weight is 353 g/mol. The van der Waals surface area contributed by atoms with Gasteiger partial charge < -0.3 is 10.1 Å². The fourth-order valence-electron chi connectivity index (χ4n) is 3.52. The topological polar surface area (TPSA) is 50.2 Å². The van der Waals surface area contributed by atoms with Crippen molar-refractivity contribution in [2.24, 2.45) is 5.92 Å². The fourth-order valence-corrected chi connectivity index (χ4v) is 3.52. The molecule has 2 aromatic rings. The smallest absolute Gasteiger partial charge is 0.173 e. The van der Waals surface area contributed by atoms with E-state index in [1.54, 1.807) is 12.1 Å². The van der Waals surface area contributed by atoms with Crippen LogP contribution in [0.3, 0.4) is 0 Å². The van der Waals surface area contributed by atoms with E-state index in [2.05, 4.69) is 0 Å². The predicted molar refractivity (Wildman–Crippen MR) is 101 cm³/mol. The molecule has 1 aliphatic carbocycles. The van der Waals surface area contributed by atoms with Gasteiger partial charge in [-0.15, -0.1) is 0 Å². The Bertz CT molecular complexity index is 792. The van der Waals surface area contributed by atoms with Crippen LogP contribution in [0.4, 0.5) is 4.39 Å². The molecule has 0 amide bonds. The van der Waals surface area contributed by atoms with Gasteiger partial charge in [-0.1, -0.05) is 24.3 Å². The molecule has 0 saturated heterocycles. The lowest BCUT2D eigenvalue weighted by Gasteiger charge is -2.35. The number of hydrogen-bond acceptors (Lipinski definition) is 3. The predicted octanol–water partition coefficient (Wildman–Crippen LogP) is 5.38. The van der Waals surface area contributed by atoms with Crippen LogP contribution in [0, 0.1) is 17.1 Å². The molecule has 0 spiro atoms. The summed E-state index contributed by atoms with van der Waals surface area (Å²) in [4.78, 5) is 11.3. The zero-order valence-corrected chi connectivity index (χ0v) is 15.2. The summed E-state index contributed by atoms with van der Waals surface area (Å²) in [6.07, 6.45) is 3.39. The first-order valence-corrected chi connectivity index (χ1v) is 9.06. The van der Waals surface area contributed by atoms with Gasteiger partial charge in [-0.2, -0.15) is 0 Å². The summed E-state index contributed by atoms with van der Waals surface area (Å²) in [6.45, 7) is 3.89. The molecule has 1 N–H and O–H groups in total. The lowest BCUT2D eigenvalue weighted by molar-refractivity contribution is -0.114. The Kier molecular flexibility index (Phi) is 5.50. The third-order valence-corrected chi connectivity index (χ3v) is 4.89. The molecular formula is C22H24FNO2. The van der Waals surface area contributed by atoms with Gasteiger partial charge in [0, 0.05) is 12.0 Å². The molecule has 0 radical (unpaired) electrons. The number of nitrogens with one attached hydrogen (secondary N) is 1. The van der Waals surface area contributed by atoms with E-state index in [-0.39, 0.29) is 17.7 Å². The standard InChI is InChI=1S/C22H24FNO2/c1-14(2)26-20-7-8-22(23)21(12-20)17-5-3-16(4-6-17)18-9-15(10-18)11-19(25)13-24/h3-8,12-15,18,24H,9-11H2,1-2H3/t15-,18+. The first kappa shape index (κ1) is 18.3. The average Bonchev–Trinajstić information content (AvgIpc) is 2.59. The highest BCUT2D eigenvalue weighted by Crippen LogP contribution is 2.43. The van der Waals surface area contributed by atoms with Crippen molar-refractivity contribution in [1.82, 2.24) is 0 Å². The summed E-state index contributed by atoms with van der Waals surface area (Å²) >= 11 is 0. The second kappa shape index (κ2) is 7.81.